The summed E-state index contributed by atoms with van der Waals surface area (Å²) in [6.07, 6.45) is -3.46. The molecule has 29 heavy (non-hydrogen) atoms. The Morgan fingerprint density at radius 3 is 2.31 bits per heavy atom. The second-order valence-electron chi connectivity index (χ2n) is 6.02. The van der Waals surface area contributed by atoms with Crippen LogP contribution >= 0.6 is 0 Å². The molecule has 0 radical (unpaired) electrons. The highest BCUT2D eigenvalue weighted by Gasteiger charge is 2.34. The zero-order valence-corrected chi connectivity index (χ0v) is 14.9. The van der Waals surface area contributed by atoms with Gasteiger partial charge in [0, 0.05) is 11.9 Å². The van der Waals surface area contributed by atoms with Crippen LogP contribution in [0.4, 0.5) is 23.2 Å². The van der Waals surface area contributed by atoms with Crippen molar-refractivity contribution < 1.29 is 27.1 Å². The molecule has 0 amide bonds. The number of benzene rings is 2. The Kier molecular flexibility index (Phi) is 5.03. The quantitative estimate of drug-likeness (QED) is 0.514. The Labute approximate surface area is 162 Å². The van der Waals surface area contributed by atoms with Crippen LogP contribution in [-0.2, 0) is 10.9 Å². The SMILES string of the molecule is COC(=O)c1c(N)c(C#N)cn1-c1ccc(-c2ccc(F)c(C(F)(F)F)c2)cc1. The number of halogens is 4. The van der Waals surface area contributed by atoms with E-state index in [9.17, 15) is 22.4 Å². The van der Waals surface area contributed by atoms with Crippen LogP contribution in [0.2, 0.25) is 0 Å². The summed E-state index contributed by atoms with van der Waals surface area (Å²) < 4.78 is 58.3. The van der Waals surface area contributed by atoms with Crippen LogP contribution in [0.1, 0.15) is 21.6 Å². The minimum atomic E-state index is -4.81. The molecule has 0 unspecified atom stereocenters. The number of methoxy groups -OCH3 is 1. The van der Waals surface area contributed by atoms with Gasteiger partial charge in [0.25, 0.3) is 0 Å². The number of nitrogens with two attached hydrogens (primary N) is 1. The van der Waals surface area contributed by atoms with Gasteiger partial charge in [-0.2, -0.15) is 18.4 Å². The summed E-state index contributed by atoms with van der Waals surface area (Å²) in [7, 11) is 1.17. The van der Waals surface area contributed by atoms with Gasteiger partial charge in [-0.3, -0.25) is 0 Å². The average molecular weight is 403 g/mol. The molecule has 5 nitrogen and oxygen atoms in total. The Balaban J connectivity index is 2.05. The highest BCUT2D eigenvalue weighted by atomic mass is 19.4. The van der Waals surface area contributed by atoms with Crippen LogP contribution in [-0.4, -0.2) is 17.6 Å². The van der Waals surface area contributed by atoms with Gasteiger partial charge in [-0.15, -0.1) is 0 Å². The number of carbonyl (C=O) groups is 1. The maximum Gasteiger partial charge on any atom is 0.419 e. The average Bonchev–Trinajstić information content (AvgIpc) is 3.03. The summed E-state index contributed by atoms with van der Waals surface area (Å²) in [6.45, 7) is 0. The lowest BCUT2D eigenvalue weighted by atomic mass is 10.0. The molecular formula is C20H13F4N3O2. The number of ether oxygens (including phenoxy) is 1. The van der Waals surface area contributed by atoms with Crippen LogP contribution in [0.15, 0.2) is 48.7 Å². The van der Waals surface area contributed by atoms with Gasteiger partial charge in [0.05, 0.1) is 23.9 Å². The second kappa shape index (κ2) is 7.31. The van der Waals surface area contributed by atoms with E-state index in [0.717, 1.165) is 12.1 Å². The molecule has 3 aromatic rings. The van der Waals surface area contributed by atoms with E-state index in [2.05, 4.69) is 0 Å². The van der Waals surface area contributed by atoms with Gasteiger partial charge < -0.3 is 15.0 Å². The van der Waals surface area contributed by atoms with Crippen molar-refractivity contribution in [2.24, 2.45) is 0 Å². The van der Waals surface area contributed by atoms with Gasteiger partial charge in [-0.25, -0.2) is 9.18 Å². The lowest BCUT2D eigenvalue weighted by Gasteiger charge is -2.12. The third kappa shape index (κ3) is 3.65. The first kappa shape index (κ1) is 19.9. The van der Waals surface area contributed by atoms with Crippen molar-refractivity contribution in [1.29, 1.82) is 5.26 Å². The number of nitriles is 1. The van der Waals surface area contributed by atoms with Crippen LogP contribution in [0.3, 0.4) is 0 Å². The van der Waals surface area contributed by atoms with E-state index in [4.69, 9.17) is 15.7 Å². The Morgan fingerprint density at radius 2 is 1.76 bits per heavy atom. The van der Waals surface area contributed by atoms with Crippen LogP contribution < -0.4 is 5.73 Å². The number of hydrogen-bond donors (Lipinski definition) is 1. The van der Waals surface area contributed by atoms with Crippen molar-refractivity contribution in [1.82, 2.24) is 4.57 Å². The fourth-order valence-corrected chi connectivity index (χ4v) is 2.85. The molecule has 0 atom stereocenters. The predicted octanol–water partition coefficient (Wildman–Crippen LogP) is 4.54. The second-order valence-corrected chi connectivity index (χ2v) is 6.02. The number of nitrogens with zero attached hydrogens (tertiary/aromatic N) is 2. The monoisotopic (exact) mass is 403 g/mol. The maximum absolute atomic E-state index is 13.5. The minimum Gasteiger partial charge on any atom is -0.464 e. The summed E-state index contributed by atoms with van der Waals surface area (Å²) in [5.74, 6) is -2.10. The van der Waals surface area contributed by atoms with E-state index in [1.54, 1.807) is 0 Å². The molecule has 1 heterocycles. The molecule has 2 aromatic carbocycles. The zero-order valence-electron chi connectivity index (χ0n) is 14.9. The molecule has 9 heteroatoms. The third-order valence-corrected chi connectivity index (χ3v) is 4.29. The number of nitrogen functional groups attached to an aromatic ring is 1. The summed E-state index contributed by atoms with van der Waals surface area (Å²) in [5, 5.41) is 9.15. The molecule has 0 spiro atoms. The Hall–Kier alpha value is -3.80. The van der Waals surface area contributed by atoms with E-state index in [-0.39, 0.29) is 22.5 Å². The Morgan fingerprint density at radius 1 is 1.14 bits per heavy atom. The fraction of sp³-hybridized carbons (Fsp3) is 0.100. The molecule has 0 fully saturated rings. The topological polar surface area (TPSA) is 81.0 Å². The molecule has 0 aliphatic heterocycles. The van der Waals surface area contributed by atoms with E-state index in [1.807, 2.05) is 6.07 Å². The number of aromatic nitrogens is 1. The van der Waals surface area contributed by atoms with Crippen molar-refractivity contribution in [2.45, 2.75) is 6.18 Å². The predicted molar refractivity (Wildman–Crippen MR) is 96.6 cm³/mol. The van der Waals surface area contributed by atoms with Crippen LogP contribution in [0.5, 0.6) is 0 Å². The normalized spacial score (nSPS) is 11.2. The molecule has 0 saturated carbocycles. The van der Waals surface area contributed by atoms with E-state index >= 15 is 0 Å². The van der Waals surface area contributed by atoms with Crippen molar-refractivity contribution in [3.8, 4) is 22.9 Å². The number of rotatable bonds is 3. The molecule has 0 saturated heterocycles. The number of esters is 1. The first-order valence-electron chi connectivity index (χ1n) is 8.14. The molecule has 3 rings (SSSR count). The zero-order chi connectivity index (χ0) is 21.3. The van der Waals surface area contributed by atoms with E-state index in [1.165, 1.54) is 48.2 Å². The third-order valence-electron chi connectivity index (χ3n) is 4.29. The van der Waals surface area contributed by atoms with E-state index < -0.39 is 23.5 Å². The Bertz CT molecular complexity index is 1130. The van der Waals surface area contributed by atoms with Crippen LogP contribution in [0.25, 0.3) is 16.8 Å². The maximum atomic E-state index is 13.5. The summed E-state index contributed by atoms with van der Waals surface area (Å²) in [6, 6.07) is 10.7. The number of carbonyl (C=O) groups excluding carboxylic acids is 1. The van der Waals surface area contributed by atoms with E-state index in [0.29, 0.717) is 11.3 Å². The summed E-state index contributed by atoms with van der Waals surface area (Å²) in [4.78, 5) is 12.0. The summed E-state index contributed by atoms with van der Waals surface area (Å²) >= 11 is 0. The summed E-state index contributed by atoms with van der Waals surface area (Å²) in [5.41, 5.74) is 5.46. The first-order valence-corrected chi connectivity index (χ1v) is 8.14. The highest BCUT2D eigenvalue weighted by Crippen LogP contribution is 2.34. The largest absolute Gasteiger partial charge is 0.464 e. The number of hydrogen-bond acceptors (Lipinski definition) is 4. The standard InChI is InChI=1S/C20H13F4N3O2/c1-29-19(28)18-17(26)13(9-25)10-27(18)14-5-2-11(3-6-14)12-4-7-16(21)15(8-12)20(22,23)24/h2-8,10H,26H2,1H3. The molecule has 2 N–H and O–H groups in total. The van der Waals surface area contributed by atoms with Gasteiger partial charge in [-0.05, 0) is 35.4 Å². The molecule has 0 aliphatic rings. The lowest BCUT2D eigenvalue weighted by molar-refractivity contribution is -0.139. The molecule has 1 aromatic heterocycles. The first-order chi connectivity index (χ1) is 13.7. The molecule has 148 valence electrons. The number of anilines is 1. The van der Waals surface area contributed by atoms with Gasteiger partial charge in [0.15, 0.2) is 5.69 Å². The van der Waals surface area contributed by atoms with Gasteiger partial charge >= 0.3 is 12.1 Å². The van der Waals surface area contributed by atoms with Crippen molar-refractivity contribution >= 4 is 11.7 Å². The number of alkyl halides is 3. The lowest BCUT2D eigenvalue weighted by Crippen LogP contribution is -2.11. The molecule has 0 bridgehead atoms. The van der Waals surface area contributed by atoms with Gasteiger partial charge in [-0.1, -0.05) is 18.2 Å². The van der Waals surface area contributed by atoms with Gasteiger partial charge in [0.2, 0.25) is 0 Å². The molecular weight excluding hydrogens is 390 g/mol. The van der Waals surface area contributed by atoms with Gasteiger partial charge in [0.1, 0.15) is 11.9 Å². The molecule has 0 aliphatic carbocycles. The van der Waals surface area contributed by atoms with Crippen molar-refractivity contribution in [3.05, 3.63) is 71.3 Å². The minimum absolute atomic E-state index is 0.0436. The van der Waals surface area contributed by atoms with Crippen LogP contribution in [0, 0.1) is 17.1 Å². The fourth-order valence-electron chi connectivity index (χ4n) is 2.85. The van der Waals surface area contributed by atoms with Crippen molar-refractivity contribution in [3.63, 3.8) is 0 Å². The highest BCUT2D eigenvalue weighted by molar-refractivity contribution is 5.96. The van der Waals surface area contributed by atoms with Crippen molar-refractivity contribution in [2.75, 3.05) is 12.8 Å². The smallest absolute Gasteiger partial charge is 0.419 e.